The molecular formula is C31H49IN10S. The maximum atomic E-state index is 7.03. The molecule has 2 aromatic heterocycles. The van der Waals surface area contributed by atoms with Crippen LogP contribution in [0.25, 0.3) is 9.69 Å². The summed E-state index contributed by atoms with van der Waals surface area (Å²) in [6.07, 6.45) is 13.4. The van der Waals surface area contributed by atoms with Crippen LogP contribution in [-0.4, -0.2) is 90.1 Å². The van der Waals surface area contributed by atoms with Crippen molar-refractivity contribution in [1.82, 2.24) is 29.7 Å². The van der Waals surface area contributed by atoms with E-state index in [9.17, 15) is 0 Å². The number of hydrogen-bond donors (Lipinski definition) is 2. The van der Waals surface area contributed by atoms with Crippen LogP contribution in [0.2, 0.25) is 0 Å². The van der Waals surface area contributed by atoms with Gasteiger partial charge in [-0.2, -0.15) is 0 Å². The van der Waals surface area contributed by atoms with Crippen LogP contribution in [0.4, 0.5) is 23.3 Å². The largest absolute Gasteiger partial charge is 0.354 e. The smallest absolute Gasteiger partial charge is 0.225 e. The maximum Gasteiger partial charge on any atom is 0.225 e. The third-order valence-corrected chi connectivity index (χ3v) is 8.33. The van der Waals surface area contributed by atoms with Crippen molar-refractivity contribution >= 4 is 54.3 Å². The second-order valence-corrected chi connectivity index (χ2v) is 11.7. The standard InChI is InChI=1S/C16H25N5.C15H23N5.HIS/c1-13-15(17-2)12-18-16(19-13)21(4)9-5-6-14-7-10-20(3)11-8-14;1-12-14(16-2)11-18-15(19-12)17-8-4-5-13-6-9-20(3)10-7-13;1-2/h12,14H,5-11H2,1,3-4H3;11,13H,4-10H2,1,3H3,(H,17,18,19);2H. The zero-order valence-corrected chi connectivity index (χ0v) is 29.6. The first-order chi connectivity index (χ1) is 20.8. The van der Waals surface area contributed by atoms with Crippen LogP contribution < -0.4 is 10.2 Å². The van der Waals surface area contributed by atoms with Gasteiger partial charge in [-0.05, 0) is 139 Å². The monoisotopic (exact) mass is 720 g/mol. The molecule has 0 aliphatic carbocycles. The average molecular weight is 721 g/mol. The number of nitrogens with zero attached hydrogens (tertiary/aromatic N) is 9. The zero-order valence-electron chi connectivity index (χ0n) is 26.6. The molecule has 4 heterocycles. The third kappa shape index (κ3) is 13.5. The molecule has 0 saturated carbocycles. The van der Waals surface area contributed by atoms with Crippen molar-refractivity contribution in [1.29, 1.82) is 0 Å². The van der Waals surface area contributed by atoms with Crippen molar-refractivity contribution in [3.8, 4) is 0 Å². The van der Waals surface area contributed by atoms with E-state index in [4.69, 9.17) is 13.1 Å². The summed E-state index contributed by atoms with van der Waals surface area (Å²) < 4.78 is 0. The van der Waals surface area contributed by atoms with E-state index in [1.54, 1.807) is 12.4 Å². The van der Waals surface area contributed by atoms with Gasteiger partial charge in [0.05, 0.1) is 13.1 Å². The molecule has 4 rings (SSSR count). The lowest BCUT2D eigenvalue weighted by Crippen LogP contribution is -2.30. The molecule has 0 spiro atoms. The Morgan fingerprint density at radius 1 is 0.860 bits per heavy atom. The van der Waals surface area contributed by atoms with E-state index in [0.29, 0.717) is 17.3 Å². The molecule has 12 heteroatoms. The lowest BCUT2D eigenvalue weighted by Gasteiger charge is -2.29. The van der Waals surface area contributed by atoms with Gasteiger partial charge in [0.2, 0.25) is 23.3 Å². The zero-order chi connectivity index (χ0) is 31.6. The van der Waals surface area contributed by atoms with Gasteiger partial charge in [0.1, 0.15) is 0 Å². The number of anilines is 2. The Bertz CT molecular complexity index is 1170. The molecule has 2 aromatic rings. The van der Waals surface area contributed by atoms with E-state index in [0.717, 1.165) is 48.7 Å². The van der Waals surface area contributed by atoms with Gasteiger partial charge < -0.3 is 20.0 Å². The lowest BCUT2D eigenvalue weighted by molar-refractivity contribution is 0.211. The summed E-state index contributed by atoms with van der Waals surface area (Å²) in [6, 6.07) is 0. The minimum absolute atomic E-state index is 0.530. The third-order valence-electron chi connectivity index (χ3n) is 8.33. The predicted octanol–water partition coefficient (Wildman–Crippen LogP) is 7.03. The van der Waals surface area contributed by atoms with Gasteiger partial charge in [-0.1, -0.05) is 0 Å². The predicted molar refractivity (Wildman–Crippen MR) is 190 cm³/mol. The molecule has 2 aliphatic heterocycles. The van der Waals surface area contributed by atoms with Crippen LogP contribution in [0.1, 0.15) is 62.8 Å². The fourth-order valence-electron chi connectivity index (χ4n) is 5.41. The number of piperidine rings is 2. The van der Waals surface area contributed by atoms with E-state index in [1.165, 1.54) is 71.1 Å². The van der Waals surface area contributed by atoms with Gasteiger partial charge in [0.25, 0.3) is 0 Å². The van der Waals surface area contributed by atoms with E-state index >= 15 is 0 Å². The molecule has 1 N–H and O–H groups in total. The second kappa shape index (κ2) is 20.7. The Kier molecular flexibility index (Phi) is 17.7. The van der Waals surface area contributed by atoms with Crippen molar-refractivity contribution < 1.29 is 0 Å². The van der Waals surface area contributed by atoms with Gasteiger partial charge in [0, 0.05) is 43.9 Å². The molecule has 2 saturated heterocycles. The van der Waals surface area contributed by atoms with Gasteiger partial charge >= 0.3 is 0 Å². The fraction of sp³-hybridized carbons (Fsp3) is 0.677. The summed E-state index contributed by atoms with van der Waals surface area (Å²) in [5.41, 5.74) is 2.57. The van der Waals surface area contributed by atoms with Crippen molar-refractivity contribution in [2.75, 3.05) is 70.6 Å². The number of nitrogens with one attached hydrogen (secondary N) is 1. The van der Waals surface area contributed by atoms with Crippen molar-refractivity contribution in [2.45, 2.75) is 65.2 Å². The summed E-state index contributed by atoms with van der Waals surface area (Å²) >= 11 is 1.84. The van der Waals surface area contributed by atoms with Gasteiger partial charge in [0.15, 0.2) is 0 Å². The number of halogens is 1. The number of aromatic nitrogens is 4. The highest BCUT2D eigenvalue weighted by Gasteiger charge is 2.17. The lowest BCUT2D eigenvalue weighted by atomic mass is 9.92. The van der Waals surface area contributed by atoms with Crippen molar-refractivity contribution in [3.05, 3.63) is 46.6 Å². The molecule has 236 valence electrons. The van der Waals surface area contributed by atoms with Crippen LogP contribution in [0, 0.1) is 38.8 Å². The molecule has 2 aliphatic rings. The quantitative estimate of drug-likeness (QED) is 0.117. The summed E-state index contributed by atoms with van der Waals surface area (Å²) in [5.74, 6) is 3.11. The number of aryl methyl sites for hydroxylation is 2. The molecule has 0 unspecified atom stereocenters. The average Bonchev–Trinajstić information content (AvgIpc) is 3.02. The molecular weight excluding hydrogens is 671 g/mol. The van der Waals surface area contributed by atoms with Gasteiger partial charge in [-0.3, -0.25) is 0 Å². The first kappa shape index (κ1) is 36.9. The Morgan fingerprint density at radius 3 is 1.84 bits per heavy atom. The molecule has 43 heavy (non-hydrogen) atoms. The Labute approximate surface area is 277 Å². The fourth-order valence-corrected chi connectivity index (χ4v) is 5.41. The highest BCUT2D eigenvalue weighted by atomic mass is 127. The van der Waals surface area contributed by atoms with E-state index in [1.807, 2.05) is 42.1 Å². The molecule has 0 atom stereocenters. The summed E-state index contributed by atoms with van der Waals surface area (Å²) in [6.45, 7) is 24.5. The molecule has 10 nitrogen and oxygen atoms in total. The van der Waals surface area contributed by atoms with Gasteiger partial charge in [-0.25, -0.2) is 29.6 Å². The SMILES string of the molecule is SI.[C-]#[N+]c1cnc(N(C)CCCC2CCN(C)CC2)nc1C.[C-]#[N+]c1cnc(NCCCC2CCN(C)CC2)nc1C. The highest BCUT2D eigenvalue weighted by molar-refractivity contribution is 14.2. The van der Waals surface area contributed by atoms with E-state index in [-0.39, 0.29) is 0 Å². The topological polar surface area (TPSA) is 82.0 Å². The number of hydrogen-bond acceptors (Lipinski definition) is 9. The Hall–Kier alpha value is -2.26. The van der Waals surface area contributed by atoms with Crippen LogP contribution in [0.15, 0.2) is 12.4 Å². The van der Waals surface area contributed by atoms with Crippen LogP contribution in [-0.2, 0) is 0 Å². The molecule has 0 radical (unpaired) electrons. The van der Waals surface area contributed by atoms with Crippen LogP contribution in [0.3, 0.4) is 0 Å². The molecule has 0 amide bonds. The Morgan fingerprint density at radius 2 is 1.35 bits per heavy atom. The van der Waals surface area contributed by atoms with Crippen LogP contribution >= 0.6 is 31.0 Å². The normalized spacial score (nSPS) is 16.1. The van der Waals surface area contributed by atoms with Crippen molar-refractivity contribution in [2.24, 2.45) is 11.8 Å². The number of likely N-dealkylation sites (tertiary alicyclic amines) is 2. The first-order valence-electron chi connectivity index (χ1n) is 15.2. The Balaban J connectivity index is 0.000000284. The first-order valence-corrected chi connectivity index (χ1v) is 18.4. The number of thiol groups is 1. The summed E-state index contributed by atoms with van der Waals surface area (Å²) in [7, 11) is 9.93. The van der Waals surface area contributed by atoms with Gasteiger partial charge in [-0.15, -0.1) is 9.80 Å². The molecule has 0 bridgehead atoms. The molecule has 2 fully saturated rings. The van der Waals surface area contributed by atoms with E-state index in [2.05, 4.69) is 73.5 Å². The van der Waals surface area contributed by atoms with E-state index < -0.39 is 0 Å². The van der Waals surface area contributed by atoms with Crippen molar-refractivity contribution in [3.63, 3.8) is 0 Å². The number of rotatable bonds is 10. The summed E-state index contributed by atoms with van der Waals surface area (Å²) in [5, 5.41) is 3.25. The van der Waals surface area contributed by atoms with Crippen LogP contribution in [0.5, 0.6) is 0 Å². The molecule has 0 aromatic carbocycles. The summed E-state index contributed by atoms with van der Waals surface area (Å²) in [4.78, 5) is 30.8. The maximum absolute atomic E-state index is 7.03. The minimum Gasteiger partial charge on any atom is -0.354 e. The second-order valence-electron chi connectivity index (χ2n) is 11.7. The minimum atomic E-state index is 0.530. The highest BCUT2D eigenvalue weighted by Crippen LogP contribution is 2.23.